The molecule has 0 saturated heterocycles. The normalized spacial score (nSPS) is 54.5. The van der Waals surface area contributed by atoms with Gasteiger partial charge in [-0.3, -0.25) is 0 Å². The summed E-state index contributed by atoms with van der Waals surface area (Å²) in [4.78, 5) is 0. The monoisotopic (exact) mass is 149 g/mol. The molecule has 4 aliphatic rings. The molecule has 4 unspecified atom stereocenters. The number of fused-ring (bicyclic) bond motifs is 1. The van der Waals surface area contributed by atoms with Crippen molar-refractivity contribution in [3.05, 3.63) is 6.42 Å². The lowest BCUT2D eigenvalue weighted by molar-refractivity contribution is 0.179. The molecule has 0 amide bonds. The Morgan fingerprint density at radius 3 is 2.45 bits per heavy atom. The summed E-state index contributed by atoms with van der Waals surface area (Å²) in [5.74, 6) is 4.34. The van der Waals surface area contributed by atoms with Gasteiger partial charge in [0.25, 0.3) is 0 Å². The Bertz CT molecular complexity index is 127. The van der Waals surface area contributed by atoms with Crippen molar-refractivity contribution in [3.8, 4) is 0 Å². The summed E-state index contributed by atoms with van der Waals surface area (Å²) in [7, 11) is 0. The second-order valence-electron chi connectivity index (χ2n) is 4.96. The molecule has 4 aliphatic carbocycles. The molecule has 61 valence electrons. The van der Waals surface area contributed by atoms with Crippen LogP contribution in [-0.2, 0) is 0 Å². The van der Waals surface area contributed by atoms with E-state index in [0.717, 1.165) is 23.7 Å². The molecule has 0 heteroatoms. The van der Waals surface area contributed by atoms with E-state index < -0.39 is 0 Å². The highest BCUT2D eigenvalue weighted by Gasteiger charge is 2.39. The minimum absolute atomic E-state index is 1.03. The maximum Gasteiger partial charge on any atom is -0.0323 e. The highest BCUT2D eigenvalue weighted by molar-refractivity contribution is 4.99. The molecule has 4 fully saturated rings. The summed E-state index contributed by atoms with van der Waals surface area (Å²) in [5, 5.41) is 0. The first-order valence-corrected chi connectivity index (χ1v) is 5.25. The third-order valence-corrected chi connectivity index (χ3v) is 4.06. The topological polar surface area (TPSA) is 0 Å². The molecule has 0 spiro atoms. The number of rotatable bonds is 0. The summed E-state index contributed by atoms with van der Waals surface area (Å²) < 4.78 is 0. The fraction of sp³-hybridized carbons (Fsp3) is 0.909. The third kappa shape index (κ3) is 1.02. The van der Waals surface area contributed by atoms with E-state index in [0.29, 0.717) is 0 Å². The summed E-state index contributed by atoms with van der Waals surface area (Å²) in [6, 6.07) is 0. The van der Waals surface area contributed by atoms with Crippen LogP contribution in [0.1, 0.15) is 38.5 Å². The molecule has 1 radical (unpaired) electrons. The predicted molar refractivity (Wildman–Crippen MR) is 46.0 cm³/mol. The van der Waals surface area contributed by atoms with Gasteiger partial charge in [0.05, 0.1) is 0 Å². The van der Waals surface area contributed by atoms with Gasteiger partial charge in [-0.25, -0.2) is 0 Å². The van der Waals surface area contributed by atoms with Crippen LogP contribution in [0.15, 0.2) is 0 Å². The lowest BCUT2D eigenvalue weighted by Crippen LogP contribution is -2.27. The zero-order valence-corrected chi connectivity index (χ0v) is 7.13. The molecular weight excluding hydrogens is 132 g/mol. The van der Waals surface area contributed by atoms with Gasteiger partial charge in [-0.05, 0) is 62.2 Å². The third-order valence-electron chi connectivity index (χ3n) is 4.06. The van der Waals surface area contributed by atoms with Crippen molar-refractivity contribution >= 4 is 0 Å². The Hall–Kier alpha value is 0. The van der Waals surface area contributed by atoms with Gasteiger partial charge in [0.15, 0.2) is 0 Å². The van der Waals surface area contributed by atoms with Crippen LogP contribution in [0, 0.1) is 30.1 Å². The van der Waals surface area contributed by atoms with Gasteiger partial charge in [-0.1, -0.05) is 6.42 Å². The van der Waals surface area contributed by atoms with Crippen LogP contribution in [-0.4, -0.2) is 0 Å². The number of hydrogen-bond donors (Lipinski definition) is 0. The van der Waals surface area contributed by atoms with Crippen molar-refractivity contribution in [1.82, 2.24) is 0 Å². The second kappa shape index (κ2) is 2.24. The van der Waals surface area contributed by atoms with E-state index in [1.165, 1.54) is 6.42 Å². The molecule has 0 heterocycles. The van der Waals surface area contributed by atoms with Gasteiger partial charge in [0.2, 0.25) is 0 Å². The van der Waals surface area contributed by atoms with Gasteiger partial charge in [-0.2, -0.15) is 0 Å². The average molecular weight is 149 g/mol. The minimum atomic E-state index is 1.03. The largest absolute Gasteiger partial charge is 0.0502 e. The summed E-state index contributed by atoms with van der Waals surface area (Å²) in [6.45, 7) is 0. The lowest BCUT2D eigenvalue weighted by Gasteiger charge is -2.38. The second-order valence-corrected chi connectivity index (χ2v) is 4.96. The van der Waals surface area contributed by atoms with Crippen LogP contribution in [0.5, 0.6) is 0 Å². The molecule has 4 saturated carbocycles. The fourth-order valence-corrected chi connectivity index (χ4v) is 3.76. The maximum absolute atomic E-state index is 2.69. The standard InChI is InChI=1S/C11H17/c1-2-9-5-10-3-8(1)4-11(6-9)7-10/h3,8-11H,1-2,4-7H2. The first kappa shape index (κ1) is 6.51. The Balaban J connectivity index is 1.90. The average Bonchev–Trinajstić information content (AvgIpc) is 2.18. The fourth-order valence-electron chi connectivity index (χ4n) is 3.76. The smallest absolute Gasteiger partial charge is 0.0323 e. The van der Waals surface area contributed by atoms with E-state index >= 15 is 0 Å². The van der Waals surface area contributed by atoms with Crippen LogP contribution in [0.4, 0.5) is 0 Å². The minimum Gasteiger partial charge on any atom is -0.0502 e. The van der Waals surface area contributed by atoms with E-state index in [-0.39, 0.29) is 0 Å². The van der Waals surface area contributed by atoms with E-state index in [1.54, 1.807) is 32.1 Å². The maximum atomic E-state index is 2.69. The Morgan fingerprint density at radius 1 is 0.727 bits per heavy atom. The van der Waals surface area contributed by atoms with Crippen molar-refractivity contribution in [1.29, 1.82) is 0 Å². The number of hydrogen-bond acceptors (Lipinski definition) is 0. The molecule has 0 nitrogen and oxygen atoms in total. The molecule has 4 rings (SSSR count). The molecular formula is C11H17. The van der Waals surface area contributed by atoms with Gasteiger partial charge in [0.1, 0.15) is 0 Å². The van der Waals surface area contributed by atoms with Gasteiger partial charge in [-0.15, -0.1) is 0 Å². The highest BCUT2D eigenvalue weighted by Crippen LogP contribution is 2.50. The van der Waals surface area contributed by atoms with E-state index in [9.17, 15) is 0 Å². The van der Waals surface area contributed by atoms with Crippen LogP contribution in [0.25, 0.3) is 0 Å². The Kier molecular flexibility index (Phi) is 1.33. The molecule has 11 heavy (non-hydrogen) atoms. The molecule has 4 bridgehead atoms. The van der Waals surface area contributed by atoms with E-state index in [2.05, 4.69) is 6.42 Å². The van der Waals surface area contributed by atoms with Crippen LogP contribution < -0.4 is 0 Å². The zero-order valence-electron chi connectivity index (χ0n) is 7.13. The zero-order chi connectivity index (χ0) is 7.26. The molecule has 4 atom stereocenters. The molecule has 0 aromatic heterocycles. The molecule has 0 aromatic carbocycles. The Morgan fingerprint density at radius 2 is 1.55 bits per heavy atom. The van der Waals surface area contributed by atoms with Crippen LogP contribution >= 0.6 is 0 Å². The van der Waals surface area contributed by atoms with Gasteiger partial charge >= 0.3 is 0 Å². The van der Waals surface area contributed by atoms with Gasteiger partial charge < -0.3 is 0 Å². The summed E-state index contributed by atoms with van der Waals surface area (Å²) >= 11 is 0. The highest BCUT2D eigenvalue weighted by atomic mass is 14.4. The summed E-state index contributed by atoms with van der Waals surface area (Å²) in [5.41, 5.74) is 0. The van der Waals surface area contributed by atoms with Crippen molar-refractivity contribution in [2.75, 3.05) is 0 Å². The lowest BCUT2D eigenvalue weighted by atomic mass is 9.68. The first-order valence-electron chi connectivity index (χ1n) is 5.25. The SMILES string of the molecule is [CH]1C2CCC3CC1CC(C2)C3. The van der Waals surface area contributed by atoms with Crippen molar-refractivity contribution in [3.63, 3.8) is 0 Å². The molecule has 0 aliphatic heterocycles. The Labute approximate surface area is 69.4 Å². The van der Waals surface area contributed by atoms with E-state index in [1.807, 2.05) is 0 Å². The molecule has 0 N–H and O–H groups in total. The quantitative estimate of drug-likeness (QED) is 0.496. The first-order chi connectivity index (χ1) is 5.40. The predicted octanol–water partition coefficient (Wildman–Crippen LogP) is 3.04. The van der Waals surface area contributed by atoms with Crippen LogP contribution in [0.2, 0.25) is 0 Å². The van der Waals surface area contributed by atoms with Crippen molar-refractivity contribution < 1.29 is 0 Å². The van der Waals surface area contributed by atoms with Crippen LogP contribution in [0.3, 0.4) is 0 Å². The summed E-state index contributed by atoms with van der Waals surface area (Å²) in [6.07, 6.45) is 12.0. The van der Waals surface area contributed by atoms with Gasteiger partial charge in [0, 0.05) is 0 Å². The van der Waals surface area contributed by atoms with E-state index in [4.69, 9.17) is 0 Å². The van der Waals surface area contributed by atoms with Crippen molar-refractivity contribution in [2.45, 2.75) is 38.5 Å². The van der Waals surface area contributed by atoms with Crippen molar-refractivity contribution in [2.24, 2.45) is 23.7 Å². The molecule has 0 aromatic rings.